The van der Waals surface area contributed by atoms with Crippen molar-refractivity contribution in [3.63, 3.8) is 0 Å². The van der Waals surface area contributed by atoms with E-state index < -0.39 is 10.0 Å². The molecule has 1 N–H and O–H groups in total. The van der Waals surface area contributed by atoms with Gasteiger partial charge in [0.25, 0.3) is 10.0 Å². The maximum absolute atomic E-state index is 12.8. The van der Waals surface area contributed by atoms with Gasteiger partial charge in [-0.2, -0.15) is 0 Å². The summed E-state index contributed by atoms with van der Waals surface area (Å²) in [4.78, 5) is 13.8. The number of hydrogen-bond donors (Lipinski definition) is 1. The number of aryl methyl sites for hydroxylation is 1. The topological polar surface area (TPSA) is 75.7 Å². The van der Waals surface area contributed by atoms with Crippen LogP contribution in [0.2, 0.25) is 0 Å². The lowest BCUT2D eigenvalue weighted by atomic mass is 10.2. The lowest BCUT2D eigenvalue weighted by molar-refractivity contribution is -0.117. The Morgan fingerprint density at radius 1 is 1.19 bits per heavy atom. The standard InChI is InChI=1S/C19H22N2O4S/c1-3-25-17-8-5-4-7-16(17)20-26(23,24)18-11-10-15(13-14(18)2)21-12-6-9-19(21)22/h4-5,7-8,10-11,13,20H,3,6,9,12H2,1-2H3. The van der Waals surface area contributed by atoms with Gasteiger partial charge in [0, 0.05) is 18.7 Å². The van der Waals surface area contributed by atoms with Crippen LogP contribution in [0, 0.1) is 6.92 Å². The largest absolute Gasteiger partial charge is 0.492 e. The number of sulfonamides is 1. The van der Waals surface area contributed by atoms with E-state index in [9.17, 15) is 13.2 Å². The molecule has 1 amide bonds. The molecule has 0 spiro atoms. The highest BCUT2D eigenvalue weighted by atomic mass is 32.2. The molecule has 3 rings (SSSR count). The summed E-state index contributed by atoms with van der Waals surface area (Å²) in [6, 6.07) is 11.9. The van der Waals surface area contributed by atoms with Crippen LogP contribution in [-0.4, -0.2) is 27.5 Å². The van der Waals surface area contributed by atoms with E-state index >= 15 is 0 Å². The molecular formula is C19H22N2O4S. The molecule has 0 atom stereocenters. The first-order chi connectivity index (χ1) is 12.4. The molecule has 26 heavy (non-hydrogen) atoms. The van der Waals surface area contributed by atoms with Crippen LogP contribution in [-0.2, 0) is 14.8 Å². The predicted molar refractivity (Wildman–Crippen MR) is 101 cm³/mol. The van der Waals surface area contributed by atoms with E-state index in [0.29, 0.717) is 36.6 Å². The third-order valence-electron chi connectivity index (χ3n) is 4.26. The lowest BCUT2D eigenvalue weighted by Crippen LogP contribution is -2.24. The van der Waals surface area contributed by atoms with Crippen molar-refractivity contribution in [1.29, 1.82) is 0 Å². The second-order valence-corrected chi connectivity index (χ2v) is 7.78. The summed E-state index contributed by atoms with van der Waals surface area (Å²) < 4.78 is 33.7. The number of benzene rings is 2. The number of nitrogens with one attached hydrogen (secondary N) is 1. The summed E-state index contributed by atoms with van der Waals surface area (Å²) in [5, 5.41) is 0. The first kappa shape index (κ1) is 18.3. The Labute approximate surface area is 153 Å². The monoisotopic (exact) mass is 374 g/mol. The van der Waals surface area contributed by atoms with Crippen molar-refractivity contribution in [3.05, 3.63) is 48.0 Å². The van der Waals surface area contributed by atoms with E-state index in [4.69, 9.17) is 4.74 Å². The van der Waals surface area contributed by atoms with Crippen molar-refractivity contribution in [2.24, 2.45) is 0 Å². The van der Waals surface area contributed by atoms with Crippen molar-refractivity contribution < 1.29 is 17.9 Å². The molecule has 1 fully saturated rings. The third-order valence-corrected chi connectivity index (χ3v) is 5.79. The molecule has 0 bridgehead atoms. The first-order valence-electron chi connectivity index (χ1n) is 8.58. The van der Waals surface area contributed by atoms with Gasteiger partial charge < -0.3 is 9.64 Å². The number of carbonyl (C=O) groups is 1. The molecule has 7 heteroatoms. The molecule has 1 aliphatic heterocycles. The zero-order valence-electron chi connectivity index (χ0n) is 14.9. The van der Waals surface area contributed by atoms with E-state index in [2.05, 4.69) is 4.72 Å². The Morgan fingerprint density at radius 2 is 1.96 bits per heavy atom. The van der Waals surface area contributed by atoms with E-state index in [1.807, 2.05) is 6.92 Å². The summed E-state index contributed by atoms with van der Waals surface area (Å²) >= 11 is 0. The van der Waals surface area contributed by atoms with Crippen LogP contribution in [0.25, 0.3) is 0 Å². The fourth-order valence-corrected chi connectivity index (χ4v) is 4.35. The minimum Gasteiger partial charge on any atom is -0.492 e. The van der Waals surface area contributed by atoms with Crippen molar-refractivity contribution >= 4 is 27.3 Å². The summed E-state index contributed by atoms with van der Waals surface area (Å²) in [5.41, 5.74) is 1.72. The Morgan fingerprint density at radius 3 is 2.62 bits per heavy atom. The van der Waals surface area contributed by atoms with Crippen molar-refractivity contribution in [2.75, 3.05) is 22.8 Å². The maximum Gasteiger partial charge on any atom is 0.262 e. The van der Waals surface area contributed by atoms with E-state index in [-0.39, 0.29) is 10.8 Å². The molecule has 138 valence electrons. The highest BCUT2D eigenvalue weighted by molar-refractivity contribution is 7.92. The first-order valence-corrected chi connectivity index (χ1v) is 10.1. The van der Waals surface area contributed by atoms with Gasteiger partial charge in [0.1, 0.15) is 5.75 Å². The molecule has 0 aromatic heterocycles. The van der Waals surface area contributed by atoms with E-state index in [1.54, 1.807) is 54.3 Å². The molecule has 0 radical (unpaired) electrons. The smallest absolute Gasteiger partial charge is 0.262 e. The molecule has 2 aromatic carbocycles. The van der Waals surface area contributed by atoms with Gasteiger partial charge in [0.05, 0.1) is 17.2 Å². The maximum atomic E-state index is 12.8. The highest BCUT2D eigenvalue weighted by Gasteiger charge is 2.24. The van der Waals surface area contributed by atoms with E-state index in [0.717, 1.165) is 12.1 Å². The number of hydrogen-bond acceptors (Lipinski definition) is 4. The van der Waals surface area contributed by atoms with Gasteiger partial charge in [0.2, 0.25) is 5.91 Å². The van der Waals surface area contributed by atoms with Crippen LogP contribution in [0.1, 0.15) is 25.3 Å². The van der Waals surface area contributed by atoms with Gasteiger partial charge in [-0.25, -0.2) is 8.42 Å². The minimum absolute atomic E-state index is 0.0729. The van der Waals surface area contributed by atoms with Crippen LogP contribution >= 0.6 is 0 Å². The number of anilines is 2. The molecule has 1 heterocycles. The van der Waals surface area contributed by atoms with Crippen LogP contribution in [0.4, 0.5) is 11.4 Å². The summed E-state index contributed by atoms with van der Waals surface area (Å²) in [6.07, 6.45) is 1.36. The van der Waals surface area contributed by atoms with Gasteiger partial charge >= 0.3 is 0 Å². The lowest BCUT2D eigenvalue weighted by Gasteiger charge is -2.18. The van der Waals surface area contributed by atoms with Crippen LogP contribution in [0.5, 0.6) is 5.75 Å². The number of carbonyl (C=O) groups excluding carboxylic acids is 1. The Hall–Kier alpha value is -2.54. The number of amides is 1. The summed E-state index contributed by atoms with van der Waals surface area (Å²) in [5.74, 6) is 0.555. The van der Waals surface area contributed by atoms with Gasteiger partial charge in [-0.15, -0.1) is 0 Å². The van der Waals surface area contributed by atoms with Crippen molar-refractivity contribution in [2.45, 2.75) is 31.6 Å². The second-order valence-electron chi connectivity index (χ2n) is 6.13. The molecule has 1 saturated heterocycles. The number of nitrogens with zero attached hydrogens (tertiary/aromatic N) is 1. The Balaban J connectivity index is 1.89. The van der Waals surface area contributed by atoms with Gasteiger partial charge in [0.15, 0.2) is 0 Å². The molecule has 6 nitrogen and oxygen atoms in total. The third kappa shape index (κ3) is 3.67. The fraction of sp³-hybridized carbons (Fsp3) is 0.316. The average molecular weight is 374 g/mol. The molecule has 0 saturated carbocycles. The second kappa shape index (κ2) is 7.37. The molecule has 2 aromatic rings. The highest BCUT2D eigenvalue weighted by Crippen LogP contribution is 2.30. The average Bonchev–Trinajstić information content (AvgIpc) is 3.02. The normalized spacial score (nSPS) is 14.5. The number of para-hydroxylation sites is 2. The summed E-state index contributed by atoms with van der Waals surface area (Å²) in [7, 11) is -3.77. The van der Waals surface area contributed by atoms with Gasteiger partial charge in [-0.1, -0.05) is 12.1 Å². The molecular weight excluding hydrogens is 352 g/mol. The molecule has 0 aliphatic carbocycles. The van der Waals surface area contributed by atoms with Gasteiger partial charge in [-0.05, 0) is 56.2 Å². The van der Waals surface area contributed by atoms with Crippen LogP contribution in [0.15, 0.2) is 47.4 Å². The van der Waals surface area contributed by atoms with Gasteiger partial charge in [-0.3, -0.25) is 9.52 Å². The Kier molecular flexibility index (Phi) is 5.18. The van der Waals surface area contributed by atoms with Crippen molar-refractivity contribution in [3.8, 4) is 5.75 Å². The molecule has 0 unspecified atom stereocenters. The predicted octanol–water partition coefficient (Wildman–Crippen LogP) is 3.32. The number of ether oxygens (including phenoxy) is 1. The quantitative estimate of drug-likeness (QED) is 0.842. The summed E-state index contributed by atoms with van der Waals surface area (Å²) in [6.45, 7) is 4.68. The molecule has 1 aliphatic rings. The zero-order chi connectivity index (χ0) is 18.7. The zero-order valence-corrected chi connectivity index (χ0v) is 15.7. The minimum atomic E-state index is -3.77. The SMILES string of the molecule is CCOc1ccccc1NS(=O)(=O)c1ccc(N2CCCC2=O)cc1C. The van der Waals surface area contributed by atoms with Crippen molar-refractivity contribution in [1.82, 2.24) is 0 Å². The fourth-order valence-electron chi connectivity index (χ4n) is 3.06. The van der Waals surface area contributed by atoms with E-state index in [1.165, 1.54) is 0 Å². The Bertz CT molecular complexity index is 925. The van der Waals surface area contributed by atoms with Crippen LogP contribution < -0.4 is 14.4 Å². The number of rotatable bonds is 6. The van der Waals surface area contributed by atoms with Crippen LogP contribution in [0.3, 0.4) is 0 Å².